The number of hydrogen-bond acceptors (Lipinski definition) is 5. The predicted octanol–water partition coefficient (Wildman–Crippen LogP) is 3.55. The van der Waals surface area contributed by atoms with Crippen LogP contribution in [0.2, 0.25) is 0 Å². The molecule has 0 aliphatic rings. The summed E-state index contributed by atoms with van der Waals surface area (Å²) in [5.74, 6) is -0.627. The molecule has 11 heteroatoms. The number of carbonyl (C=O) groups excluding carboxylic acids is 1. The average Bonchev–Trinajstić information content (AvgIpc) is 2.73. The minimum Gasteiger partial charge on any atom is -0.468 e. The summed E-state index contributed by atoms with van der Waals surface area (Å²) < 4.78 is 69.6. The molecule has 1 aromatic heterocycles. The summed E-state index contributed by atoms with van der Waals surface area (Å²) in [5.41, 5.74) is 4.71. The van der Waals surface area contributed by atoms with Crippen molar-refractivity contribution >= 4 is 15.9 Å². The van der Waals surface area contributed by atoms with Gasteiger partial charge in [0.05, 0.1) is 4.90 Å². The maximum atomic E-state index is 12.9. The number of ether oxygens (including phenoxy) is 1. The zero-order chi connectivity index (χ0) is 25.0. The Hall–Kier alpha value is -2.66. The molecular formula is C22H28F3N3O4S. The van der Waals surface area contributed by atoms with Crippen LogP contribution in [0.5, 0.6) is 5.88 Å². The Morgan fingerprint density at radius 2 is 1.61 bits per heavy atom. The first kappa shape index (κ1) is 26.6. The fourth-order valence-electron chi connectivity index (χ4n) is 3.32. The van der Waals surface area contributed by atoms with Gasteiger partial charge in [0.1, 0.15) is 0 Å². The molecule has 0 spiro atoms. The highest BCUT2D eigenvalue weighted by molar-refractivity contribution is 7.89. The molecule has 182 valence electrons. The van der Waals surface area contributed by atoms with Crippen LogP contribution in [-0.4, -0.2) is 38.6 Å². The van der Waals surface area contributed by atoms with E-state index in [-0.39, 0.29) is 30.3 Å². The van der Waals surface area contributed by atoms with Crippen molar-refractivity contribution in [3.05, 3.63) is 51.7 Å². The zero-order valence-corrected chi connectivity index (χ0v) is 20.0. The van der Waals surface area contributed by atoms with Gasteiger partial charge in [-0.25, -0.2) is 18.1 Å². The van der Waals surface area contributed by atoms with E-state index in [2.05, 4.69) is 19.8 Å². The first-order valence-corrected chi connectivity index (χ1v) is 11.7. The summed E-state index contributed by atoms with van der Waals surface area (Å²) in [6, 6.07) is 2.82. The van der Waals surface area contributed by atoms with Crippen molar-refractivity contribution in [2.45, 2.75) is 58.7 Å². The third kappa shape index (κ3) is 7.16. The number of pyridine rings is 1. The summed E-state index contributed by atoms with van der Waals surface area (Å²) in [6.45, 7) is 7.70. The van der Waals surface area contributed by atoms with Crippen LogP contribution in [-0.2, 0) is 21.4 Å². The molecule has 1 heterocycles. The van der Waals surface area contributed by atoms with Crippen molar-refractivity contribution in [2.24, 2.45) is 0 Å². The van der Waals surface area contributed by atoms with Gasteiger partial charge in [-0.15, -0.1) is 0 Å². The molecule has 0 radical (unpaired) electrons. The predicted molar refractivity (Wildman–Crippen MR) is 118 cm³/mol. The first-order chi connectivity index (χ1) is 15.2. The molecule has 0 bridgehead atoms. The molecule has 2 N–H and O–H groups in total. The van der Waals surface area contributed by atoms with Gasteiger partial charge in [0.2, 0.25) is 21.8 Å². The Kier molecular flexibility index (Phi) is 8.47. The van der Waals surface area contributed by atoms with Crippen molar-refractivity contribution in [1.29, 1.82) is 0 Å². The standard InChI is InChI=1S/C22H28F3N3O4S/c1-13-14(2)16(4)21(17(5)15(13)3)33(30,31)28-9-7-19(29)27-11-18-6-8-26-20(10-18)32-12-22(23,24)25/h6,8,10,28H,7,9,11-12H2,1-5H3,(H,27,29). The van der Waals surface area contributed by atoms with E-state index in [0.717, 1.165) is 16.7 Å². The fourth-order valence-corrected chi connectivity index (χ4v) is 4.95. The molecule has 0 aliphatic heterocycles. The van der Waals surface area contributed by atoms with E-state index in [9.17, 15) is 26.4 Å². The van der Waals surface area contributed by atoms with E-state index in [1.165, 1.54) is 18.3 Å². The van der Waals surface area contributed by atoms with E-state index in [4.69, 9.17) is 0 Å². The molecule has 1 aromatic carbocycles. The molecule has 7 nitrogen and oxygen atoms in total. The van der Waals surface area contributed by atoms with Gasteiger partial charge in [-0.3, -0.25) is 4.79 Å². The molecule has 0 aliphatic carbocycles. The topological polar surface area (TPSA) is 97.4 Å². The Labute approximate surface area is 191 Å². The molecular weight excluding hydrogens is 459 g/mol. The van der Waals surface area contributed by atoms with Crippen LogP contribution in [0.15, 0.2) is 23.2 Å². The molecule has 2 aromatic rings. The molecule has 0 atom stereocenters. The second-order valence-corrected chi connectivity index (χ2v) is 9.49. The minimum atomic E-state index is -4.48. The molecule has 0 saturated carbocycles. The monoisotopic (exact) mass is 487 g/mol. The second-order valence-electron chi connectivity index (χ2n) is 7.78. The Morgan fingerprint density at radius 3 is 2.18 bits per heavy atom. The summed E-state index contributed by atoms with van der Waals surface area (Å²) >= 11 is 0. The number of halogens is 3. The average molecular weight is 488 g/mol. The summed E-state index contributed by atoms with van der Waals surface area (Å²) in [4.78, 5) is 16.0. The molecule has 0 saturated heterocycles. The lowest BCUT2D eigenvalue weighted by atomic mass is 9.95. The van der Waals surface area contributed by atoms with Crippen molar-refractivity contribution in [3.8, 4) is 5.88 Å². The minimum absolute atomic E-state index is 0.0328. The van der Waals surface area contributed by atoms with Gasteiger partial charge < -0.3 is 10.1 Å². The number of carbonyl (C=O) groups is 1. The summed E-state index contributed by atoms with van der Waals surface area (Å²) in [5, 5.41) is 2.59. The van der Waals surface area contributed by atoms with E-state index in [0.29, 0.717) is 16.7 Å². The zero-order valence-electron chi connectivity index (χ0n) is 19.2. The number of sulfonamides is 1. The number of nitrogens with zero attached hydrogens (tertiary/aromatic N) is 1. The quantitative estimate of drug-likeness (QED) is 0.564. The molecule has 1 amide bonds. The second kappa shape index (κ2) is 10.5. The van der Waals surface area contributed by atoms with E-state index < -0.39 is 28.7 Å². The van der Waals surface area contributed by atoms with Gasteiger partial charge >= 0.3 is 6.18 Å². The summed E-state index contributed by atoms with van der Waals surface area (Å²) in [7, 11) is -3.82. The normalized spacial score (nSPS) is 12.0. The Morgan fingerprint density at radius 1 is 1.03 bits per heavy atom. The van der Waals surface area contributed by atoms with E-state index >= 15 is 0 Å². The molecule has 2 rings (SSSR count). The van der Waals surface area contributed by atoms with Crippen LogP contribution in [0.3, 0.4) is 0 Å². The number of hydrogen-bond donors (Lipinski definition) is 2. The van der Waals surface area contributed by atoms with Gasteiger partial charge in [0.25, 0.3) is 0 Å². The molecule has 0 fully saturated rings. The van der Waals surface area contributed by atoms with Gasteiger partial charge in [-0.05, 0) is 74.1 Å². The van der Waals surface area contributed by atoms with Crippen molar-refractivity contribution in [2.75, 3.05) is 13.2 Å². The fraction of sp³-hybridized carbons (Fsp3) is 0.455. The summed E-state index contributed by atoms with van der Waals surface area (Å²) in [6.07, 6.45) is -3.31. The maximum Gasteiger partial charge on any atom is 0.422 e. The Balaban J connectivity index is 1.93. The third-order valence-electron chi connectivity index (χ3n) is 5.52. The van der Waals surface area contributed by atoms with Crippen LogP contribution in [0.25, 0.3) is 0 Å². The Bertz CT molecular complexity index is 1100. The molecule has 33 heavy (non-hydrogen) atoms. The van der Waals surface area contributed by atoms with Crippen molar-refractivity contribution in [3.63, 3.8) is 0 Å². The number of alkyl halides is 3. The largest absolute Gasteiger partial charge is 0.468 e. The van der Waals surface area contributed by atoms with E-state index in [1.54, 1.807) is 13.8 Å². The van der Waals surface area contributed by atoms with Gasteiger partial charge in [-0.1, -0.05) is 0 Å². The highest BCUT2D eigenvalue weighted by Crippen LogP contribution is 2.29. The lowest BCUT2D eigenvalue weighted by molar-refractivity contribution is -0.154. The van der Waals surface area contributed by atoms with E-state index in [1.807, 2.05) is 20.8 Å². The van der Waals surface area contributed by atoms with Crippen LogP contribution >= 0.6 is 0 Å². The third-order valence-corrected chi connectivity index (χ3v) is 7.25. The number of rotatable bonds is 9. The first-order valence-electron chi connectivity index (χ1n) is 10.2. The van der Waals surface area contributed by atoms with Gasteiger partial charge in [-0.2, -0.15) is 13.2 Å². The number of aromatic nitrogens is 1. The van der Waals surface area contributed by atoms with Gasteiger partial charge in [0.15, 0.2) is 6.61 Å². The smallest absolute Gasteiger partial charge is 0.422 e. The van der Waals surface area contributed by atoms with Crippen LogP contribution in [0.4, 0.5) is 13.2 Å². The van der Waals surface area contributed by atoms with Crippen LogP contribution in [0.1, 0.15) is 39.8 Å². The number of amides is 1. The highest BCUT2D eigenvalue weighted by atomic mass is 32.2. The lowest BCUT2D eigenvalue weighted by Gasteiger charge is -2.19. The number of nitrogens with one attached hydrogen (secondary N) is 2. The number of benzene rings is 1. The molecule has 0 unspecified atom stereocenters. The SMILES string of the molecule is Cc1c(C)c(C)c(S(=O)(=O)NCCC(=O)NCc2ccnc(OCC(F)(F)F)c2)c(C)c1C. The van der Waals surface area contributed by atoms with Gasteiger partial charge in [0, 0.05) is 31.8 Å². The van der Waals surface area contributed by atoms with Crippen LogP contribution in [0, 0.1) is 34.6 Å². The van der Waals surface area contributed by atoms with Crippen molar-refractivity contribution < 1.29 is 31.1 Å². The maximum absolute atomic E-state index is 12.9. The van der Waals surface area contributed by atoms with Crippen LogP contribution < -0.4 is 14.8 Å². The lowest BCUT2D eigenvalue weighted by Crippen LogP contribution is -2.31. The van der Waals surface area contributed by atoms with Crippen molar-refractivity contribution in [1.82, 2.24) is 15.0 Å². The highest BCUT2D eigenvalue weighted by Gasteiger charge is 2.28.